The predicted octanol–water partition coefficient (Wildman–Crippen LogP) is 3.85. The molecule has 0 amide bonds. The zero-order valence-corrected chi connectivity index (χ0v) is 13.2. The molecular formula is C15H17ClN4S. The molecule has 0 unspecified atom stereocenters. The second kappa shape index (κ2) is 6.54. The number of anilines is 2. The summed E-state index contributed by atoms with van der Waals surface area (Å²) in [6.45, 7) is 2.09. The highest BCUT2D eigenvalue weighted by Gasteiger charge is 2.14. The van der Waals surface area contributed by atoms with Crippen LogP contribution in [0.15, 0.2) is 40.3 Å². The number of rotatable bonds is 3. The van der Waals surface area contributed by atoms with Gasteiger partial charge in [-0.05, 0) is 43.5 Å². The van der Waals surface area contributed by atoms with Gasteiger partial charge in [-0.2, -0.15) is 4.98 Å². The molecule has 1 saturated heterocycles. The predicted molar refractivity (Wildman–Crippen MR) is 88.1 cm³/mol. The molecular weight excluding hydrogens is 304 g/mol. The fraction of sp³-hybridized carbons (Fsp3) is 0.333. The van der Waals surface area contributed by atoms with E-state index in [0.717, 1.165) is 33.9 Å². The number of hydrogen-bond donors (Lipinski definition) is 1. The molecule has 1 aromatic carbocycles. The van der Waals surface area contributed by atoms with Crippen molar-refractivity contribution in [3.05, 3.63) is 35.4 Å². The van der Waals surface area contributed by atoms with Crippen LogP contribution in [0.4, 0.5) is 11.8 Å². The van der Waals surface area contributed by atoms with Gasteiger partial charge < -0.3 is 10.6 Å². The maximum atomic E-state index is 5.91. The molecule has 1 aliphatic rings. The molecule has 2 heterocycles. The number of aromatic nitrogens is 2. The van der Waals surface area contributed by atoms with Gasteiger partial charge in [0.1, 0.15) is 10.8 Å². The normalized spacial score (nSPS) is 15.2. The second-order valence-corrected chi connectivity index (χ2v) is 6.56. The van der Waals surface area contributed by atoms with Gasteiger partial charge >= 0.3 is 0 Å². The van der Waals surface area contributed by atoms with Crippen molar-refractivity contribution in [3.8, 4) is 0 Å². The van der Waals surface area contributed by atoms with Crippen LogP contribution in [0.5, 0.6) is 0 Å². The molecule has 1 fully saturated rings. The van der Waals surface area contributed by atoms with E-state index in [1.807, 2.05) is 30.3 Å². The Hall–Kier alpha value is -1.46. The minimum Gasteiger partial charge on any atom is -0.368 e. The first kappa shape index (κ1) is 14.5. The lowest BCUT2D eigenvalue weighted by molar-refractivity contribution is 0.572. The molecule has 2 aromatic rings. The second-order valence-electron chi connectivity index (χ2n) is 5.03. The van der Waals surface area contributed by atoms with Crippen molar-refractivity contribution in [1.82, 2.24) is 9.97 Å². The van der Waals surface area contributed by atoms with Gasteiger partial charge in [0.15, 0.2) is 0 Å². The Morgan fingerprint density at radius 3 is 2.48 bits per heavy atom. The molecule has 3 rings (SSSR count). The summed E-state index contributed by atoms with van der Waals surface area (Å²) in [4.78, 5) is 12.1. The van der Waals surface area contributed by atoms with Gasteiger partial charge in [-0.25, -0.2) is 4.98 Å². The minimum atomic E-state index is 0.328. The van der Waals surface area contributed by atoms with Crippen LogP contribution < -0.4 is 10.6 Å². The van der Waals surface area contributed by atoms with Crippen LogP contribution in [-0.2, 0) is 0 Å². The number of piperidine rings is 1. The van der Waals surface area contributed by atoms with Crippen molar-refractivity contribution in [2.24, 2.45) is 0 Å². The standard InChI is InChI=1S/C15H17ClN4S/c16-11-4-6-12(7-5-11)21-14-10-13(18-15(17)19-14)20-8-2-1-3-9-20/h4-7,10H,1-3,8-9H2,(H2,17,18,19). The smallest absolute Gasteiger partial charge is 0.223 e. The SMILES string of the molecule is Nc1nc(Sc2ccc(Cl)cc2)cc(N2CCCCC2)n1. The van der Waals surface area contributed by atoms with E-state index in [4.69, 9.17) is 17.3 Å². The van der Waals surface area contributed by atoms with Crippen molar-refractivity contribution in [1.29, 1.82) is 0 Å². The third kappa shape index (κ3) is 3.80. The number of benzene rings is 1. The monoisotopic (exact) mass is 320 g/mol. The lowest BCUT2D eigenvalue weighted by Gasteiger charge is -2.27. The minimum absolute atomic E-state index is 0.328. The Labute approximate surface area is 133 Å². The fourth-order valence-electron chi connectivity index (χ4n) is 2.39. The quantitative estimate of drug-likeness (QED) is 0.870. The summed E-state index contributed by atoms with van der Waals surface area (Å²) < 4.78 is 0. The highest BCUT2D eigenvalue weighted by atomic mass is 35.5. The highest BCUT2D eigenvalue weighted by molar-refractivity contribution is 7.99. The van der Waals surface area contributed by atoms with Gasteiger partial charge in [0.05, 0.1) is 0 Å². The molecule has 0 spiro atoms. The molecule has 2 N–H and O–H groups in total. The number of nitrogens with two attached hydrogens (primary N) is 1. The molecule has 0 bridgehead atoms. The molecule has 1 aromatic heterocycles. The fourth-order valence-corrected chi connectivity index (χ4v) is 3.33. The van der Waals surface area contributed by atoms with E-state index >= 15 is 0 Å². The number of nitrogen functional groups attached to an aromatic ring is 1. The Bertz CT molecular complexity index is 612. The summed E-state index contributed by atoms with van der Waals surface area (Å²) in [5.41, 5.74) is 5.86. The summed E-state index contributed by atoms with van der Waals surface area (Å²) in [5.74, 6) is 1.26. The van der Waals surface area contributed by atoms with Gasteiger partial charge in [0.25, 0.3) is 0 Å². The van der Waals surface area contributed by atoms with Crippen LogP contribution >= 0.6 is 23.4 Å². The molecule has 21 heavy (non-hydrogen) atoms. The maximum absolute atomic E-state index is 5.91. The van der Waals surface area contributed by atoms with Gasteiger partial charge in [0, 0.05) is 29.1 Å². The largest absolute Gasteiger partial charge is 0.368 e. The number of hydrogen-bond acceptors (Lipinski definition) is 5. The van der Waals surface area contributed by atoms with Crippen LogP contribution in [0.25, 0.3) is 0 Å². The summed E-state index contributed by atoms with van der Waals surface area (Å²) >= 11 is 7.48. The summed E-state index contributed by atoms with van der Waals surface area (Å²) in [5, 5.41) is 1.60. The molecule has 0 atom stereocenters. The van der Waals surface area contributed by atoms with E-state index in [-0.39, 0.29) is 0 Å². The molecule has 0 radical (unpaired) electrons. The van der Waals surface area contributed by atoms with E-state index in [2.05, 4.69) is 14.9 Å². The topological polar surface area (TPSA) is 55.0 Å². The van der Waals surface area contributed by atoms with E-state index in [1.165, 1.54) is 19.3 Å². The van der Waals surface area contributed by atoms with Crippen molar-refractivity contribution < 1.29 is 0 Å². The number of nitrogens with zero attached hydrogens (tertiary/aromatic N) is 3. The van der Waals surface area contributed by atoms with Crippen molar-refractivity contribution in [3.63, 3.8) is 0 Å². The Morgan fingerprint density at radius 2 is 1.76 bits per heavy atom. The van der Waals surface area contributed by atoms with Gasteiger partial charge in [-0.1, -0.05) is 23.4 Å². The van der Waals surface area contributed by atoms with Gasteiger partial charge in [-0.15, -0.1) is 0 Å². The highest BCUT2D eigenvalue weighted by Crippen LogP contribution is 2.30. The van der Waals surface area contributed by atoms with E-state index in [9.17, 15) is 0 Å². The summed E-state index contributed by atoms with van der Waals surface area (Å²) in [6, 6.07) is 9.72. The maximum Gasteiger partial charge on any atom is 0.223 e. The number of halogens is 1. The lowest BCUT2D eigenvalue weighted by atomic mass is 10.1. The molecule has 1 aliphatic heterocycles. The van der Waals surface area contributed by atoms with Gasteiger partial charge in [-0.3, -0.25) is 0 Å². The Morgan fingerprint density at radius 1 is 1.05 bits per heavy atom. The first-order chi connectivity index (χ1) is 10.2. The van der Waals surface area contributed by atoms with Crippen molar-refractivity contribution in [2.75, 3.05) is 23.7 Å². The van der Waals surface area contributed by atoms with E-state index < -0.39 is 0 Å². The average molecular weight is 321 g/mol. The Kier molecular flexibility index (Phi) is 4.51. The third-order valence-corrected chi connectivity index (χ3v) is 4.60. The van der Waals surface area contributed by atoms with E-state index in [0.29, 0.717) is 5.95 Å². The van der Waals surface area contributed by atoms with Crippen LogP contribution in [-0.4, -0.2) is 23.1 Å². The summed E-state index contributed by atoms with van der Waals surface area (Å²) in [7, 11) is 0. The first-order valence-electron chi connectivity index (χ1n) is 7.04. The summed E-state index contributed by atoms with van der Waals surface area (Å²) in [6.07, 6.45) is 3.72. The molecule has 0 aliphatic carbocycles. The van der Waals surface area contributed by atoms with Crippen LogP contribution in [0.1, 0.15) is 19.3 Å². The third-order valence-electron chi connectivity index (χ3n) is 3.42. The molecule has 110 valence electrons. The van der Waals surface area contributed by atoms with Gasteiger partial charge in [0.2, 0.25) is 5.95 Å². The van der Waals surface area contributed by atoms with E-state index in [1.54, 1.807) is 11.8 Å². The van der Waals surface area contributed by atoms with Crippen molar-refractivity contribution in [2.45, 2.75) is 29.2 Å². The van der Waals surface area contributed by atoms with Crippen LogP contribution in [0.2, 0.25) is 5.02 Å². The first-order valence-corrected chi connectivity index (χ1v) is 8.23. The average Bonchev–Trinajstić information content (AvgIpc) is 2.50. The Balaban J connectivity index is 1.81. The lowest BCUT2D eigenvalue weighted by Crippen LogP contribution is -2.30. The molecule has 0 saturated carbocycles. The van der Waals surface area contributed by atoms with Crippen LogP contribution in [0.3, 0.4) is 0 Å². The zero-order chi connectivity index (χ0) is 14.7. The zero-order valence-electron chi connectivity index (χ0n) is 11.6. The van der Waals surface area contributed by atoms with Crippen molar-refractivity contribution >= 4 is 35.1 Å². The molecule has 6 heteroatoms. The van der Waals surface area contributed by atoms with Crippen LogP contribution in [0, 0.1) is 0 Å². The molecule has 4 nitrogen and oxygen atoms in total.